The third-order valence-electron chi connectivity index (χ3n) is 1.49. The van der Waals surface area contributed by atoms with Crippen molar-refractivity contribution in [3.05, 3.63) is 0 Å². The van der Waals surface area contributed by atoms with Crippen LogP contribution in [-0.4, -0.2) is 29.1 Å². The van der Waals surface area contributed by atoms with Gasteiger partial charge in [0.1, 0.15) is 16.8 Å². The molecule has 4 heteroatoms. The second-order valence-electron chi connectivity index (χ2n) is 2.46. The summed E-state index contributed by atoms with van der Waals surface area (Å²) in [6.45, 7) is 2.75. The largest absolute Gasteiger partial charge is 0.404 e. The van der Waals surface area contributed by atoms with Crippen molar-refractivity contribution in [2.75, 3.05) is 12.4 Å². The Labute approximate surface area is 77.6 Å². The molecule has 0 aliphatic heterocycles. The maximum absolute atomic E-state index is 5.33. The number of thiol groups is 1. The topological polar surface area (TPSA) is 18.5 Å². The van der Waals surface area contributed by atoms with Gasteiger partial charge in [0, 0.05) is 6.61 Å². The van der Waals surface area contributed by atoms with Gasteiger partial charge in [0.15, 0.2) is 0 Å². The van der Waals surface area contributed by atoms with Gasteiger partial charge in [-0.1, -0.05) is 6.42 Å². The quantitative estimate of drug-likeness (QED) is 0.279. The summed E-state index contributed by atoms with van der Waals surface area (Å²) in [4.78, 5) is 0. The minimum atomic E-state index is -0.00216. The first kappa shape index (κ1) is 11.5. The lowest BCUT2D eigenvalue weighted by atomic mass is 10.3. The molecule has 11 heavy (non-hydrogen) atoms. The fourth-order valence-corrected chi connectivity index (χ4v) is 1.07. The molecule has 0 bridgehead atoms. The van der Waals surface area contributed by atoms with Crippen LogP contribution in [0, 0.1) is 0 Å². The fraction of sp³-hybridized carbons (Fsp3) is 1.00. The summed E-state index contributed by atoms with van der Waals surface area (Å²) in [7, 11) is 0.755. The van der Waals surface area contributed by atoms with Crippen molar-refractivity contribution in [1.29, 1.82) is 0 Å². The molecule has 0 saturated carbocycles. The Morgan fingerprint density at radius 1 is 1.36 bits per heavy atom. The van der Waals surface area contributed by atoms with Gasteiger partial charge in [-0.15, -0.1) is 0 Å². The number of unbranched alkanes of at least 4 members (excludes halogenated alkanes) is 2. The highest BCUT2D eigenvalue weighted by Gasteiger charge is 1.96. The third-order valence-corrected chi connectivity index (χ3v) is 2.47. The lowest BCUT2D eigenvalue weighted by molar-refractivity contribution is -0.0638. The van der Waals surface area contributed by atoms with Crippen LogP contribution in [0.5, 0.6) is 0 Å². The molecule has 1 atom stereocenters. The summed E-state index contributed by atoms with van der Waals surface area (Å²) in [6.07, 6.45) is 3.51. The number of hydrogen-bond donors (Lipinski definition) is 1. The van der Waals surface area contributed by atoms with Gasteiger partial charge in [-0.2, -0.15) is 12.6 Å². The Bertz CT molecular complexity index is 82.8. The van der Waals surface area contributed by atoms with E-state index in [9.17, 15) is 0 Å². The minimum absolute atomic E-state index is 0.00216. The van der Waals surface area contributed by atoms with Crippen LogP contribution in [0.1, 0.15) is 26.2 Å². The van der Waals surface area contributed by atoms with E-state index in [1.165, 1.54) is 12.8 Å². The second kappa shape index (κ2) is 8.58. The molecule has 0 spiro atoms. The van der Waals surface area contributed by atoms with Crippen LogP contribution in [0.4, 0.5) is 0 Å². The van der Waals surface area contributed by atoms with Crippen molar-refractivity contribution < 1.29 is 9.16 Å². The van der Waals surface area contributed by atoms with Crippen molar-refractivity contribution in [2.24, 2.45) is 0 Å². The molecule has 0 aromatic heterocycles. The Hall–Kier alpha value is 0.487. The SMILES string of the molecule is CC(O[SiH3])OCCCCCS. The van der Waals surface area contributed by atoms with Crippen LogP contribution in [0.3, 0.4) is 0 Å². The fourth-order valence-electron chi connectivity index (χ4n) is 0.708. The molecular weight excluding hydrogens is 176 g/mol. The van der Waals surface area contributed by atoms with E-state index in [1.807, 2.05) is 6.92 Å². The summed E-state index contributed by atoms with van der Waals surface area (Å²) < 4.78 is 10.4. The van der Waals surface area contributed by atoms with E-state index in [2.05, 4.69) is 12.6 Å². The molecule has 68 valence electrons. The number of hydrogen-bond acceptors (Lipinski definition) is 3. The monoisotopic (exact) mass is 194 g/mol. The average Bonchev–Trinajstić information content (AvgIpc) is 2.04. The molecule has 1 unspecified atom stereocenters. The first-order valence-corrected chi connectivity index (χ1v) is 5.51. The Morgan fingerprint density at radius 3 is 2.64 bits per heavy atom. The van der Waals surface area contributed by atoms with Crippen LogP contribution in [0.2, 0.25) is 0 Å². The predicted molar refractivity (Wildman–Crippen MR) is 54.1 cm³/mol. The third kappa shape index (κ3) is 8.39. The maximum atomic E-state index is 5.33. The molecule has 0 rings (SSSR count). The lowest BCUT2D eigenvalue weighted by Gasteiger charge is -2.10. The average molecular weight is 194 g/mol. The molecule has 0 amide bonds. The number of ether oxygens (including phenoxy) is 1. The van der Waals surface area contributed by atoms with E-state index in [0.29, 0.717) is 0 Å². The predicted octanol–water partition coefficient (Wildman–Crippen LogP) is 0.746. The molecule has 0 heterocycles. The summed E-state index contributed by atoms with van der Waals surface area (Å²) in [5, 5.41) is 0. The lowest BCUT2D eigenvalue weighted by Crippen LogP contribution is -2.11. The molecule has 0 N–H and O–H groups in total. The van der Waals surface area contributed by atoms with Crippen LogP contribution >= 0.6 is 12.6 Å². The van der Waals surface area contributed by atoms with Gasteiger partial charge in [-0.05, 0) is 25.5 Å². The van der Waals surface area contributed by atoms with E-state index < -0.39 is 0 Å². The van der Waals surface area contributed by atoms with Crippen molar-refractivity contribution in [1.82, 2.24) is 0 Å². The van der Waals surface area contributed by atoms with Gasteiger partial charge in [-0.3, -0.25) is 0 Å². The zero-order valence-corrected chi connectivity index (χ0v) is 10.3. The van der Waals surface area contributed by atoms with Crippen molar-refractivity contribution in [3.63, 3.8) is 0 Å². The van der Waals surface area contributed by atoms with Crippen LogP contribution in [0.15, 0.2) is 0 Å². The molecule has 0 aromatic rings. The van der Waals surface area contributed by atoms with Crippen LogP contribution in [-0.2, 0) is 9.16 Å². The summed E-state index contributed by atoms with van der Waals surface area (Å²) in [6, 6.07) is 0. The summed E-state index contributed by atoms with van der Waals surface area (Å²) >= 11 is 4.12. The summed E-state index contributed by atoms with van der Waals surface area (Å²) in [5.41, 5.74) is 0. The molecule has 0 aliphatic rings. The van der Waals surface area contributed by atoms with Gasteiger partial charge < -0.3 is 9.16 Å². The molecule has 0 radical (unpaired) electrons. The van der Waals surface area contributed by atoms with E-state index in [0.717, 1.165) is 29.3 Å². The number of rotatable bonds is 7. The van der Waals surface area contributed by atoms with Gasteiger partial charge in [0.25, 0.3) is 0 Å². The zero-order chi connectivity index (χ0) is 8.53. The Morgan fingerprint density at radius 2 is 2.09 bits per heavy atom. The first-order valence-electron chi connectivity index (χ1n) is 4.06. The standard InChI is InChI=1S/C7H18O2SSi/c1-7(9-11)8-5-3-2-4-6-10/h7,10H,2-6H2,1,11H3. The maximum Gasteiger partial charge on any atom is 0.149 e. The highest BCUT2D eigenvalue weighted by atomic mass is 32.1. The molecule has 0 aromatic carbocycles. The van der Waals surface area contributed by atoms with Crippen LogP contribution < -0.4 is 0 Å². The summed E-state index contributed by atoms with van der Waals surface area (Å²) in [5.74, 6) is 0.979. The first-order chi connectivity index (χ1) is 5.31. The van der Waals surface area contributed by atoms with Gasteiger partial charge in [-0.25, -0.2) is 0 Å². The molecule has 0 saturated heterocycles. The second-order valence-corrected chi connectivity index (χ2v) is 3.38. The Balaban J connectivity index is 2.89. The molecular formula is C7H18O2SSi. The molecule has 0 fully saturated rings. The zero-order valence-electron chi connectivity index (χ0n) is 7.38. The normalized spacial score (nSPS) is 13.6. The van der Waals surface area contributed by atoms with E-state index >= 15 is 0 Å². The molecule has 0 aliphatic carbocycles. The van der Waals surface area contributed by atoms with Gasteiger partial charge in [0.05, 0.1) is 0 Å². The van der Waals surface area contributed by atoms with E-state index in [4.69, 9.17) is 9.16 Å². The van der Waals surface area contributed by atoms with E-state index in [-0.39, 0.29) is 6.29 Å². The smallest absolute Gasteiger partial charge is 0.149 e. The minimum Gasteiger partial charge on any atom is -0.404 e. The molecule has 2 nitrogen and oxygen atoms in total. The van der Waals surface area contributed by atoms with Crippen LogP contribution in [0.25, 0.3) is 0 Å². The van der Waals surface area contributed by atoms with Crippen molar-refractivity contribution in [2.45, 2.75) is 32.5 Å². The van der Waals surface area contributed by atoms with Crippen molar-refractivity contribution >= 4 is 23.1 Å². The van der Waals surface area contributed by atoms with Gasteiger partial charge >= 0.3 is 0 Å². The van der Waals surface area contributed by atoms with Crippen molar-refractivity contribution in [3.8, 4) is 0 Å². The highest BCUT2D eigenvalue weighted by Crippen LogP contribution is 1.99. The van der Waals surface area contributed by atoms with E-state index in [1.54, 1.807) is 0 Å². The van der Waals surface area contributed by atoms with Gasteiger partial charge in [0.2, 0.25) is 0 Å². The Kier molecular flexibility index (Phi) is 8.96. The highest BCUT2D eigenvalue weighted by molar-refractivity contribution is 7.80.